The molecule has 0 unspecified atom stereocenters. The molecule has 2 aromatic carbocycles. The molecule has 0 saturated heterocycles. The molecule has 158 valence electrons. The molecule has 0 bridgehead atoms. The third-order valence-electron chi connectivity index (χ3n) is 4.23. The van der Waals surface area contributed by atoms with Crippen molar-refractivity contribution in [2.75, 3.05) is 20.3 Å². The Morgan fingerprint density at radius 1 is 1.23 bits per heavy atom. The number of carbonyl (C=O) groups excluding carboxylic acids is 1. The van der Waals surface area contributed by atoms with Crippen molar-refractivity contribution in [3.05, 3.63) is 63.7 Å². The molecule has 0 atom stereocenters. The number of hydrogen-bond acceptors (Lipinski definition) is 6. The van der Waals surface area contributed by atoms with Crippen LogP contribution in [-0.4, -0.2) is 36.3 Å². The van der Waals surface area contributed by atoms with Crippen LogP contribution in [0.1, 0.15) is 28.7 Å². The lowest BCUT2D eigenvalue weighted by Gasteiger charge is -2.11. The van der Waals surface area contributed by atoms with Gasteiger partial charge in [0.2, 0.25) is 0 Å². The lowest BCUT2D eigenvalue weighted by molar-refractivity contribution is 0.0601. The van der Waals surface area contributed by atoms with Crippen LogP contribution in [0.3, 0.4) is 0 Å². The van der Waals surface area contributed by atoms with Crippen molar-refractivity contribution >= 4 is 39.6 Å². The van der Waals surface area contributed by atoms with Gasteiger partial charge in [0.1, 0.15) is 6.61 Å². The largest absolute Gasteiger partial charge is 0.490 e. The summed E-state index contributed by atoms with van der Waals surface area (Å²) in [5.41, 5.74) is 0.924. The molecule has 0 radical (unpaired) electrons. The van der Waals surface area contributed by atoms with Crippen LogP contribution in [0.15, 0.2) is 41.2 Å². The van der Waals surface area contributed by atoms with Crippen LogP contribution in [0.25, 0.3) is 22.0 Å². The number of H-pyrrole nitrogens is 1. The number of aromatic nitrogens is 2. The molecule has 1 heterocycles. The van der Waals surface area contributed by atoms with E-state index in [9.17, 15) is 9.59 Å². The van der Waals surface area contributed by atoms with Crippen molar-refractivity contribution in [2.24, 2.45) is 0 Å². The zero-order chi connectivity index (χ0) is 22.4. The van der Waals surface area contributed by atoms with Gasteiger partial charge in [-0.15, -0.1) is 6.42 Å². The predicted molar refractivity (Wildman–Crippen MR) is 119 cm³/mol. The van der Waals surface area contributed by atoms with Gasteiger partial charge in [-0.05, 0) is 48.9 Å². The van der Waals surface area contributed by atoms with E-state index < -0.39 is 5.97 Å². The maximum absolute atomic E-state index is 12.4. The van der Waals surface area contributed by atoms with Crippen LogP contribution in [0.5, 0.6) is 11.5 Å². The highest BCUT2D eigenvalue weighted by Gasteiger charge is 2.12. The number of benzene rings is 2. The van der Waals surface area contributed by atoms with Gasteiger partial charge in [-0.1, -0.05) is 23.6 Å². The molecular weight excluding hydrogens is 420 g/mol. The Bertz CT molecular complexity index is 1260. The number of rotatable bonds is 7. The van der Waals surface area contributed by atoms with E-state index in [4.69, 9.17) is 32.2 Å². The molecule has 0 aliphatic carbocycles. The molecule has 3 rings (SSSR count). The summed E-state index contributed by atoms with van der Waals surface area (Å²) in [7, 11) is 1.28. The number of aromatic amines is 1. The van der Waals surface area contributed by atoms with Crippen molar-refractivity contribution in [3.63, 3.8) is 0 Å². The minimum Gasteiger partial charge on any atom is -0.490 e. The van der Waals surface area contributed by atoms with Crippen molar-refractivity contribution < 1.29 is 19.0 Å². The first-order chi connectivity index (χ1) is 15.0. The number of fused-ring (bicyclic) bond motifs is 1. The Morgan fingerprint density at radius 2 is 2.03 bits per heavy atom. The fourth-order valence-corrected chi connectivity index (χ4v) is 3.05. The van der Waals surface area contributed by atoms with Gasteiger partial charge in [0.15, 0.2) is 17.3 Å². The zero-order valence-corrected chi connectivity index (χ0v) is 17.7. The Balaban J connectivity index is 2.00. The molecule has 31 heavy (non-hydrogen) atoms. The second kappa shape index (κ2) is 9.83. The minimum absolute atomic E-state index is 0.117. The lowest BCUT2D eigenvalue weighted by Crippen LogP contribution is -2.11. The molecule has 0 aliphatic heterocycles. The lowest BCUT2D eigenvalue weighted by atomic mass is 10.1. The number of terminal acetylenes is 1. The maximum atomic E-state index is 12.4. The fourth-order valence-electron chi connectivity index (χ4n) is 2.83. The minimum atomic E-state index is -0.525. The first kappa shape index (κ1) is 21.9. The molecule has 7 nitrogen and oxygen atoms in total. The average Bonchev–Trinajstić information content (AvgIpc) is 2.77. The summed E-state index contributed by atoms with van der Waals surface area (Å²) in [5.74, 6) is 3.07. The van der Waals surface area contributed by atoms with E-state index in [0.717, 1.165) is 0 Å². The van der Waals surface area contributed by atoms with E-state index in [1.54, 1.807) is 24.3 Å². The number of nitrogens with one attached hydrogen (secondary N) is 1. The second-order valence-electron chi connectivity index (χ2n) is 6.26. The number of methoxy groups -OCH3 is 1. The zero-order valence-electron chi connectivity index (χ0n) is 16.9. The highest BCUT2D eigenvalue weighted by atomic mass is 35.5. The van der Waals surface area contributed by atoms with Crippen LogP contribution in [-0.2, 0) is 4.74 Å². The van der Waals surface area contributed by atoms with Gasteiger partial charge in [-0.25, -0.2) is 9.78 Å². The number of carbonyl (C=O) groups is 1. The van der Waals surface area contributed by atoms with E-state index in [2.05, 4.69) is 15.9 Å². The molecule has 0 amide bonds. The number of ether oxygens (including phenoxy) is 3. The van der Waals surface area contributed by atoms with Gasteiger partial charge in [0.05, 0.1) is 35.2 Å². The summed E-state index contributed by atoms with van der Waals surface area (Å²) >= 11 is 6.43. The van der Waals surface area contributed by atoms with Gasteiger partial charge in [0, 0.05) is 0 Å². The first-order valence-corrected chi connectivity index (χ1v) is 9.67. The van der Waals surface area contributed by atoms with Crippen LogP contribution >= 0.6 is 11.6 Å². The molecule has 3 aromatic rings. The molecule has 1 aromatic heterocycles. The van der Waals surface area contributed by atoms with Crippen LogP contribution in [0, 0.1) is 12.3 Å². The highest BCUT2D eigenvalue weighted by Crippen LogP contribution is 2.30. The smallest absolute Gasteiger partial charge is 0.337 e. The maximum Gasteiger partial charge on any atom is 0.337 e. The number of hydrogen-bond donors (Lipinski definition) is 1. The Hall–Kier alpha value is -3.76. The van der Waals surface area contributed by atoms with E-state index >= 15 is 0 Å². The van der Waals surface area contributed by atoms with Gasteiger partial charge >= 0.3 is 5.97 Å². The normalized spacial score (nSPS) is 11.1. The third-order valence-corrected chi connectivity index (χ3v) is 4.51. The quantitative estimate of drug-likeness (QED) is 0.445. The first-order valence-electron chi connectivity index (χ1n) is 9.30. The monoisotopic (exact) mass is 438 g/mol. The van der Waals surface area contributed by atoms with Crippen molar-refractivity contribution in [2.45, 2.75) is 6.92 Å². The third kappa shape index (κ3) is 5.05. The summed E-state index contributed by atoms with van der Waals surface area (Å²) in [5, 5.41) is 0.525. The fraction of sp³-hybridized carbons (Fsp3) is 0.174. The summed E-state index contributed by atoms with van der Waals surface area (Å²) in [6.45, 7) is 2.41. The molecule has 1 N–H and O–H groups in total. The second-order valence-corrected chi connectivity index (χ2v) is 6.67. The van der Waals surface area contributed by atoms with Gasteiger partial charge < -0.3 is 19.2 Å². The average molecular weight is 439 g/mol. The molecular formula is C23H19ClN2O5. The standard InChI is InChI=1S/C23H19ClN2O5/c1-4-10-31-19-9-6-14(12-20(19)30-5-2)11-17(24)21-25-18-13-15(23(28)29-3)7-8-16(18)22(27)26-21/h1,6-9,11-13H,5,10H2,2-3H3,(H,25,26,27)/b17-11-. The van der Waals surface area contributed by atoms with Crippen molar-refractivity contribution in [1.29, 1.82) is 0 Å². The number of nitrogens with zero attached hydrogens (tertiary/aromatic N) is 1. The van der Waals surface area contributed by atoms with Crippen LogP contribution in [0.2, 0.25) is 0 Å². The summed E-state index contributed by atoms with van der Waals surface area (Å²) < 4.78 is 15.8. The SMILES string of the molecule is C#CCOc1ccc(/C=C(\Cl)c2nc3cc(C(=O)OC)ccc3c(=O)[nH]2)cc1OCC. The summed E-state index contributed by atoms with van der Waals surface area (Å²) in [6, 6.07) is 9.73. The predicted octanol–water partition coefficient (Wildman–Crippen LogP) is 3.86. The number of esters is 1. The number of halogens is 1. The Kier molecular flexibility index (Phi) is 6.96. The Labute approximate surface area is 183 Å². The van der Waals surface area contributed by atoms with E-state index in [1.807, 2.05) is 6.92 Å². The molecule has 0 aliphatic rings. The van der Waals surface area contributed by atoms with Gasteiger partial charge in [-0.3, -0.25) is 4.79 Å². The van der Waals surface area contributed by atoms with E-state index in [0.29, 0.717) is 34.6 Å². The summed E-state index contributed by atoms with van der Waals surface area (Å²) in [6.07, 6.45) is 6.87. The molecule has 0 saturated carbocycles. The molecule has 0 spiro atoms. The van der Waals surface area contributed by atoms with Crippen molar-refractivity contribution in [1.82, 2.24) is 9.97 Å². The van der Waals surface area contributed by atoms with Crippen LogP contribution in [0.4, 0.5) is 0 Å². The topological polar surface area (TPSA) is 90.5 Å². The highest BCUT2D eigenvalue weighted by molar-refractivity contribution is 6.50. The summed E-state index contributed by atoms with van der Waals surface area (Å²) in [4.78, 5) is 31.3. The molecule has 8 heteroatoms. The Morgan fingerprint density at radius 3 is 2.74 bits per heavy atom. The van der Waals surface area contributed by atoms with Crippen molar-refractivity contribution in [3.8, 4) is 23.8 Å². The van der Waals surface area contributed by atoms with Gasteiger partial charge in [-0.2, -0.15) is 0 Å². The van der Waals surface area contributed by atoms with E-state index in [1.165, 1.54) is 25.3 Å². The molecule has 0 fully saturated rings. The van der Waals surface area contributed by atoms with Crippen LogP contribution < -0.4 is 15.0 Å². The van der Waals surface area contributed by atoms with Gasteiger partial charge in [0.25, 0.3) is 5.56 Å². The van der Waals surface area contributed by atoms with E-state index in [-0.39, 0.29) is 28.6 Å².